The molecular formula is C18H29N4O3+. The molecule has 1 aromatic carbocycles. The first-order chi connectivity index (χ1) is 11.9. The lowest BCUT2D eigenvalue weighted by molar-refractivity contribution is -0.862. The molecule has 1 unspecified atom stereocenters. The summed E-state index contributed by atoms with van der Waals surface area (Å²) in [4.78, 5) is 38.6. The summed E-state index contributed by atoms with van der Waals surface area (Å²) in [6, 6.07) is 6.79. The Balaban J connectivity index is 2.57. The highest BCUT2D eigenvalue weighted by atomic mass is 16.2. The molecule has 7 nitrogen and oxygen atoms in total. The van der Waals surface area contributed by atoms with Crippen molar-refractivity contribution in [1.82, 2.24) is 10.2 Å². The third-order valence-electron chi connectivity index (χ3n) is 3.78. The third-order valence-corrected chi connectivity index (χ3v) is 3.78. The van der Waals surface area contributed by atoms with Gasteiger partial charge < -0.3 is 20.4 Å². The molecular weight excluding hydrogens is 320 g/mol. The third kappa shape index (κ3) is 6.93. The summed E-state index contributed by atoms with van der Waals surface area (Å²) < 4.78 is 0. The van der Waals surface area contributed by atoms with Crippen molar-refractivity contribution in [2.45, 2.75) is 20.8 Å². The van der Waals surface area contributed by atoms with Crippen molar-refractivity contribution in [2.75, 3.05) is 45.1 Å². The lowest BCUT2D eigenvalue weighted by atomic mass is 10.2. The second-order valence-corrected chi connectivity index (χ2v) is 5.87. The Labute approximate surface area is 149 Å². The van der Waals surface area contributed by atoms with Crippen molar-refractivity contribution in [1.29, 1.82) is 0 Å². The normalized spacial score (nSPS) is 11.5. The molecule has 1 atom stereocenters. The molecule has 0 fully saturated rings. The van der Waals surface area contributed by atoms with E-state index in [9.17, 15) is 14.4 Å². The van der Waals surface area contributed by atoms with E-state index < -0.39 is 0 Å². The van der Waals surface area contributed by atoms with Crippen LogP contribution in [0.2, 0.25) is 0 Å². The Bertz CT molecular complexity index is 600. The molecule has 1 rings (SSSR count). The van der Waals surface area contributed by atoms with Crippen LogP contribution < -0.4 is 15.5 Å². The number of hydrogen-bond acceptors (Lipinski definition) is 3. The summed E-state index contributed by atoms with van der Waals surface area (Å²) in [5.74, 6) is -0.336. The van der Waals surface area contributed by atoms with Gasteiger partial charge >= 0.3 is 0 Å². The predicted octanol–water partition coefficient (Wildman–Crippen LogP) is -0.242. The minimum atomic E-state index is -0.196. The molecule has 0 aliphatic carbocycles. The second kappa shape index (κ2) is 10.5. The van der Waals surface area contributed by atoms with E-state index in [1.54, 1.807) is 29.2 Å². The number of nitrogens with zero attached hydrogens (tertiary/aromatic N) is 1. The number of carbonyl (C=O) groups is 3. The van der Waals surface area contributed by atoms with Crippen LogP contribution in [0.4, 0.5) is 5.69 Å². The van der Waals surface area contributed by atoms with Gasteiger partial charge in [-0.1, -0.05) is 6.07 Å². The van der Waals surface area contributed by atoms with E-state index in [0.717, 1.165) is 4.90 Å². The molecule has 0 saturated carbocycles. The Hall–Kier alpha value is -2.41. The SMILES string of the molecule is CCNC(=O)c1cccc(NC(=O)C[NH+](C)CC(=O)N(CC)CC)c1. The molecule has 0 heterocycles. The van der Waals surface area contributed by atoms with E-state index in [2.05, 4.69) is 10.6 Å². The molecule has 0 aliphatic heterocycles. The molecule has 0 aliphatic rings. The number of carbonyl (C=O) groups excluding carboxylic acids is 3. The molecule has 7 heteroatoms. The van der Waals surface area contributed by atoms with Crippen molar-refractivity contribution in [3.63, 3.8) is 0 Å². The van der Waals surface area contributed by atoms with Gasteiger partial charge in [-0.05, 0) is 39.0 Å². The lowest BCUT2D eigenvalue weighted by Crippen LogP contribution is -3.11. The van der Waals surface area contributed by atoms with Crippen LogP contribution in [0.5, 0.6) is 0 Å². The number of quaternary nitrogens is 1. The van der Waals surface area contributed by atoms with Gasteiger partial charge in [-0.3, -0.25) is 14.4 Å². The summed E-state index contributed by atoms with van der Waals surface area (Å²) in [5, 5.41) is 5.50. The quantitative estimate of drug-likeness (QED) is 0.575. The number of benzene rings is 1. The Morgan fingerprint density at radius 1 is 1.08 bits per heavy atom. The Kier molecular flexibility index (Phi) is 8.63. The topological polar surface area (TPSA) is 83.0 Å². The summed E-state index contributed by atoms with van der Waals surface area (Å²) >= 11 is 0. The number of anilines is 1. The fourth-order valence-electron chi connectivity index (χ4n) is 2.49. The van der Waals surface area contributed by atoms with Crippen molar-refractivity contribution in [2.24, 2.45) is 0 Å². The van der Waals surface area contributed by atoms with Crippen LogP contribution in [-0.2, 0) is 9.59 Å². The summed E-state index contributed by atoms with van der Waals surface area (Å²) in [7, 11) is 1.81. The molecule has 0 bridgehead atoms. The van der Waals surface area contributed by atoms with Crippen LogP contribution in [-0.4, -0.2) is 62.4 Å². The summed E-state index contributed by atoms with van der Waals surface area (Å²) in [5.41, 5.74) is 1.06. The lowest BCUT2D eigenvalue weighted by Gasteiger charge is -2.20. The van der Waals surface area contributed by atoms with Gasteiger partial charge in [-0.25, -0.2) is 0 Å². The van der Waals surface area contributed by atoms with E-state index in [4.69, 9.17) is 0 Å². The predicted molar refractivity (Wildman–Crippen MR) is 97.6 cm³/mol. The maximum atomic E-state index is 12.2. The van der Waals surface area contributed by atoms with E-state index >= 15 is 0 Å². The van der Waals surface area contributed by atoms with Gasteiger partial charge in [0.1, 0.15) is 0 Å². The van der Waals surface area contributed by atoms with Crippen LogP contribution in [0, 0.1) is 0 Å². The number of rotatable bonds is 9. The van der Waals surface area contributed by atoms with Crippen molar-refractivity contribution in [3.8, 4) is 0 Å². The van der Waals surface area contributed by atoms with Gasteiger partial charge in [0.05, 0.1) is 7.05 Å². The number of likely N-dealkylation sites (N-methyl/N-ethyl adjacent to an activating group) is 2. The zero-order chi connectivity index (χ0) is 18.8. The van der Waals surface area contributed by atoms with Crippen LogP contribution in [0.15, 0.2) is 24.3 Å². The monoisotopic (exact) mass is 349 g/mol. The summed E-state index contributed by atoms with van der Waals surface area (Å²) in [6.45, 7) is 8.05. The van der Waals surface area contributed by atoms with E-state index in [1.807, 2.05) is 27.8 Å². The number of hydrogen-bond donors (Lipinski definition) is 3. The Morgan fingerprint density at radius 2 is 1.76 bits per heavy atom. The number of nitrogens with one attached hydrogen (secondary N) is 3. The van der Waals surface area contributed by atoms with E-state index in [1.165, 1.54) is 0 Å². The molecule has 138 valence electrons. The maximum Gasteiger partial charge on any atom is 0.279 e. The molecule has 0 saturated heterocycles. The molecule has 3 amide bonds. The highest BCUT2D eigenvalue weighted by molar-refractivity contribution is 5.97. The van der Waals surface area contributed by atoms with Gasteiger partial charge in [0.25, 0.3) is 17.7 Å². The first-order valence-electron chi connectivity index (χ1n) is 8.68. The van der Waals surface area contributed by atoms with Gasteiger partial charge in [0, 0.05) is 30.9 Å². The maximum absolute atomic E-state index is 12.2. The average molecular weight is 349 g/mol. The largest absolute Gasteiger partial charge is 0.352 e. The average Bonchev–Trinajstić information content (AvgIpc) is 2.56. The van der Waals surface area contributed by atoms with Gasteiger partial charge in [0.15, 0.2) is 13.1 Å². The van der Waals surface area contributed by atoms with Crippen LogP contribution >= 0.6 is 0 Å². The van der Waals surface area contributed by atoms with Gasteiger partial charge in [-0.15, -0.1) is 0 Å². The first-order valence-corrected chi connectivity index (χ1v) is 8.68. The molecule has 1 aromatic rings. The van der Waals surface area contributed by atoms with E-state index in [0.29, 0.717) is 30.9 Å². The molecule has 0 spiro atoms. The van der Waals surface area contributed by atoms with Crippen LogP contribution in [0.3, 0.4) is 0 Å². The number of amides is 3. The standard InChI is InChI=1S/C18H28N4O3/c1-5-19-18(25)14-9-8-10-15(11-14)20-16(23)12-21(4)13-17(24)22(6-2)7-3/h8-11H,5-7,12-13H2,1-4H3,(H,19,25)(H,20,23)/p+1. The Morgan fingerprint density at radius 3 is 2.36 bits per heavy atom. The van der Waals surface area contributed by atoms with Crippen molar-refractivity contribution < 1.29 is 19.3 Å². The highest BCUT2D eigenvalue weighted by Crippen LogP contribution is 2.10. The molecule has 0 radical (unpaired) electrons. The second-order valence-electron chi connectivity index (χ2n) is 5.87. The van der Waals surface area contributed by atoms with Gasteiger partial charge in [0.2, 0.25) is 0 Å². The first kappa shape index (κ1) is 20.6. The van der Waals surface area contributed by atoms with Crippen molar-refractivity contribution in [3.05, 3.63) is 29.8 Å². The van der Waals surface area contributed by atoms with E-state index in [-0.39, 0.29) is 30.8 Å². The minimum Gasteiger partial charge on any atom is -0.352 e. The summed E-state index contributed by atoms with van der Waals surface area (Å²) in [6.07, 6.45) is 0. The molecule has 0 aromatic heterocycles. The fraction of sp³-hybridized carbons (Fsp3) is 0.500. The van der Waals surface area contributed by atoms with Crippen LogP contribution in [0.1, 0.15) is 31.1 Å². The fourth-order valence-corrected chi connectivity index (χ4v) is 2.49. The van der Waals surface area contributed by atoms with Gasteiger partial charge in [-0.2, -0.15) is 0 Å². The molecule has 3 N–H and O–H groups in total. The van der Waals surface area contributed by atoms with Crippen LogP contribution in [0.25, 0.3) is 0 Å². The highest BCUT2D eigenvalue weighted by Gasteiger charge is 2.18. The minimum absolute atomic E-state index is 0.0357. The van der Waals surface area contributed by atoms with Crippen molar-refractivity contribution >= 4 is 23.4 Å². The smallest absolute Gasteiger partial charge is 0.279 e. The zero-order valence-corrected chi connectivity index (χ0v) is 15.5. The molecule has 25 heavy (non-hydrogen) atoms. The zero-order valence-electron chi connectivity index (χ0n) is 15.5.